The van der Waals surface area contributed by atoms with Crippen LogP contribution in [0.1, 0.15) is 28.7 Å². The van der Waals surface area contributed by atoms with E-state index in [4.69, 9.17) is 28.4 Å². The zero-order valence-corrected chi connectivity index (χ0v) is 24.1. The van der Waals surface area contributed by atoms with Crippen LogP contribution in [0.15, 0.2) is 42.5 Å². The van der Waals surface area contributed by atoms with Gasteiger partial charge in [-0.25, -0.2) is 8.42 Å². The van der Waals surface area contributed by atoms with Gasteiger partial charge < -0.3 is 38.8 Å². The Balaban J connectivity index is 1.53. The fourth-order valence-corrected chi connectivity index (χ4v) is 6.72. The number of phenols is 1. The van der Waals surface area contributed by atoms with Crippen LogP contribution < -0.4 is 33.7 Å². The minimum Gasteiger partial charge on any atom is -0.502 e. The molecule has 42 heavy (non-hydrogen) atoms. The number of para-hydroxylation sites is 1. The van der Waals surface area contributed by atoms with Gasteiger partial charge in [0.1, 0.15) is 0 Å². The molecular weight excluding hydrogens is 568 g/mol. The molecule has 0 unspecified atom stereocenters. The lowest BCUT2D eigenvalue weighted by atomic mass is 9.65. The summed E-state index contributed by atoms with van der Waals surface area (Å²) in [6, 6.07) is 11.7. The molecule has 0 aromatic heterocycles. The number of carbonyl (C=O) groups excluding carboxylic acids is 1. The third-order valence-electron chi connectivity index (χ3n) is 7.87. The van der Waals surface area contributed by atoms with Crippen molar-refractivity contribution in [2.75, 3.05) is 51.0 Å². The van der Waals surface area contributed by atoms with Crippen LogP contribution in [0.4, 0.5) is 11.4 Å². The number of fused-ring (bicyclic) bond motifs is 3. The normalized spacial score (nSPS) is 22.0. The molecule has 0 radical (unpaired) electrons. The van der Waals surface area contributed by atoms with Crippen molar-refractivity contribution in [3.63, 3.8) is 0 Å². The first kappa shape index (κ1) is 27.6. The average Bonchev–Trinajstić information content (AvgIpc) is 3.58. The van der Waals surface area contributed by atoms with Gasteiger partial charge in [0.05, 0.1) is 57.5 Å². The Bertz CT molecular complexity index is 1650. The second-order valence-electron chi connectivity index (χ2n) is 10.3. The van der Waals surface area contributed by atoms with E-state index >= 15 is 0 Å². The highest BCUT2D eigenvalue weighted by Gasteiger charge is 2.53. The predicted molar refractivity (Wildman–Crippen MR) is 151 cm³/mol. The maximum Gasteiger partial charge on any atom is 0.310 e. The highest BCUT2D eigenvalue weighted by Crippen LogP contribution is 2.56. The number of benzene rings is 3. The van der Waals surface area contributed by atoms with Crippen LogP contribution in [0.25, 0.3) is 0 Å². The Hall–Kier alpha value is -4.52. The van der Waals surface area contributed by atoms with Crippen LogP contribution in [0.3, 0.4) is 0 Å². The van der Waals surface area contributed by atoms with Gasteiger partial charge in [0, 0.05) is 11.8 Å². The summed E-state index contributed by atoms with van der Waals surface area (Å²) in [5, 5.41) is 14.1. The van der Waals surface area contributed by atoms with Gasteiger partial charge >= 0.3 is 5.97 Å². The summed E-state index contributed by atoms with van der Waals surface area (Å²) in [6.07, 6.45) is 1.06. The quantitative estimate of drug-likeness (QED) is 0.326. The maximum absolute atomic E-state index is 13.4. The van der Waals surface area contributed by atoms with Crippen molar-refractivity contribution in [1.82, 2.24) is 0 Å². The maximum atomic E-state index is 13.4. The predicted octanol–water partition coefficient (Wildman–Crippen LogP) is 3.61. The lowest BCUT2D eigenvalue weighted by Gasteiger charge is -2.40. The molecule has 0 bridgehead atoms. The molecule has 3 aromatic carbocycles. The van der Waals surface area contributed by atoms with Crippen LogP contribution in [-0.2, 0) is 19.6 Å². The first-order valence-corrected chi connectivity index (χ1v) is 15.0. The van der Waals surface area contributed by atoms with E-state index in [9.17, 15) is 18.3 Å². The number of cyclic esters (lactones) is 1. The molecule has 2 heterocycles. The van der Waals surface area contributed by atoms with Crippen molar-refractivity contribution in [3.8, 4) is 34.5 Å². The van der Waals surface area contributed by atoms with Crippen LogP contribution in [-0.4, -0.2) is 60.5 Å². The SMILES string of the molecule is COc1cc([C@@H]2c3cc4c(cc3[C@@H](Nc3cccc(NS(C)(=O)=O)c3OC)[C@H]3COC(=O)[C@H]23)OCO4)cc(OC)c1O. The summed E-state index contributed by atoms with van der Waals surface area (Å²) in [7, 11) is 0.756. The summed E-state index contributed by atoms with van der Waals surface area (Å²) < 4.78 is 60.1. The molecule has 3 aromatic rings. The molecule has 6 rings (SSSR count). The molecule has 222 valence electrons. The fraction of sp³-hybridized carbons (Fsp3) is 0.345. The van der Waals surface area contributed by atoms with E-state index in [-0.39, 0.29) is 48.2 Å². The fourth-order valence-electron chi connectivity index (χ4n) is 6.16. The van der Waals surface area contributed by atoms with Crippen molar-refractivity contribution in [2.24, 2.45) is 11.8 Å². The molecule has 3 aliphatic rings. The van der Waals surface area contributed by atoms with E-state index in [0.29, 0.717) is 28.5 Å². The second kappa shape index (κ2) is 10.4. The molecular formula is C29H30N2O10S. The number of anilines is 2. The van der Waals surface area contributed by atoms with Gasteiger partial charge in [-0.3, -0.25) is 9.52 Å². The molecule has 1 saturated heterocycles. The van der Waals surface area contributed by atoms with E-state index in [1.807, 2.05) is 12.1 Å². The summed E-state index contributed by atoms with van der Waals surface area (Å²) >= 11 is 0. The highest BCUT2D eigenvalue weighted by molar-refractivity contribution is 7.92. The van der Waals surface area contributed by atoms with Crippen molar-refractivity contribution >= 4 is 27.4 Å². The minimum atomic E-state index is -3.58. The number of rotatable bonds is 8. The Morgan fingerprint density at radius 1 is 0.905 bits per heavy atom. The molecule has 0 spiro atoms. The molecule has 12 nitrogen and oxygen atoms in total. The Kier molecular flexibility index (Phi) is 6.84. The van der Waals surface area contributed by atoms with Crippen LogP contribution in [0.5, 0.6) is 34.5 Å². The number of sulfonamides is 1. The van der Waals surface area contributed by atoms with Gasteiger partial charge in [0.15, 0.2) is 28.7 Å². The Morgan fingerprint density at radius 2 is 1.55 bits per heavy atom. The lowest BCUT2D eigenvalue weighted by Crippen LogP contribution is -2.37. The number of aromatic hydroxyl groups is 1. The molecule has 4 atom stereocenters. The van der Waals surface area contributed by atoms with Crippen molar-refractivity contribution in [1.29, 1.82) is 0 Å². The number of methoxy groups -OCH3 is 3. The number of nitrogens with one attached hydrogen (secondary N) is 2. The first-order chi connectivity index (χ1) is 20.1. The Morgan fingerprint density at radius 3 is 2.17 bits per heavy atom. The Labute approximate surface area is 242 Å². The van der Waals surface area contributed by atoms with Gasteiger partial charge in [0.25, 0.3) is 0 Å². The summed E-state index contributed by atoms with van der Waals surface area (Å²) in [4.78, 5) is 13.4. The average molecular weight is 599 g/mol. The van der Waals surface area contributed by atoms with E-state index in [0.717, 1.165) is 17.4 Å². The molecule has 1 aliphatic carbocycles. The van der Waals surface area contributed by atoms with E-state index in [1.165, 1.54) is 21.3 Å². The summed E-state index contributed by atoms with van der Waals surface area (Å²) in [5.41, 5.74) is 3.09. The van der Waals surface area contributed by atoms with Crippen molar-refractivity contribution < 1.29 is 46.7 Å². The monoisotopic (exact) mass is 598 g/mol. The van der Waals surface area contributed by atoms with Gasteiger partial charge in [-0.15, -0.1) is 0 Å². The number of hydrogen-bond acceptors (Lipinski definition) is 11. The molecule has 2 aliphatic heterocycles. The minimum absolute atomic E-state index is 0.0593. The zero-order valence-electron chi connectivity index (χ0n) is 23.3. The van der Waals surface area contributed by atoms with Crippen molar-refractivity contribution in [3.05, 3.63) is 59.2 Å². The number of esters is 1. The first-order valence-electron chi connectivity index (χ1n) is 13.1. The van der Waals surface area contributed by atoms with Crippen LogP contribution >= 0.6 is 0 Å². The standard InChI is InChI=1S/C29H30N2O10S/c1-36-22-8-14(9-23(37-2)27(22)32)24-15-10-20-21(41-13-40-20)11-16(15)26(17-12-39-29(33)25(17)24)30-18-6-5-7-19(28(18)38-3)31-42(4,34)35/h5-11,17,24-26,30-32H,12-13H2,1-4H3/t17-,24+,25-,26+/m0/s1. The molecule has 13 heteroatoms. The molecule has 3 N–H and O–H groups in total. The third kappa shape index (κ3) is 4.63. The smallest absolute Gasteiger partial charge is 0.310 e. The van der Waals surface area contributed by atoms with E-state index < -0.39 is 27.9 Å². The number of hydrogen-bond donors (Lipinski definition) is 3. The number of phenolic OH excluding ortho intramolecular Hbond substituents is 1. The number of ether oxygens (including phenoxy) is 6. The van der Waals surface area contributed by atoms with Gasteiger partial charge in [0.2, 0.25) is 22.6 Å². The third-order valence-corrected chi connectivity index (χ3v) is 8.46. The highest BCUT2D eigenvalue weighted by atomic mass is 32.2. The van der Waals surface area contributed by atoms with Gasteiger partial charge in [-0.2, -0.15) is 0 Å². The summed E-state index contributed by atoms with van der Waals surface area (Å²) in [6.45, 7) is 0.200. The number of carbonyl (C=O) groups is 1. The molecule has 0 saturated carbocycles. The molecule has 1 fully saturated rings. The zero-order chi connectivity index (χ0) is 29.8. The summed E-state index contributed by atoms with van der Waals surface area (Å²) in [5.74, 6) is -0.200. The second-order valence-corrected chi connectivity index (χ2v) is 12.0. The molecule has 0 amide bonds. The lowest BCUT2D eigenvalue weighted by molar-refractivity contribution is -0.141. The van der Waals surface area contributed by atoms with E-state index in [2.05, 4.69) is 10.0 Å². The van der Waals surface area contributed by atoms with Crippen LogP contribution in [0, 0.1) is 11.8 Å². The van der Waals surface area contributed by atoms with Crippen LogP contribution in [0.2, 0.25) is 0 Å². The van der Waals surface area contributed by atoms with Crippen molar-refractivity contribution in [2.45, 2.75) is 12.0 Å². The van der Waals surface area contributed by atoms with Gasteiger partial charge in [-0.1, -0.05) is 6.07 Å². The largest absolute Gasteiger partial charge is 0.502 e. The van der Waals surface area contributed by atoms with E-state index in [1.54, 1.807) is 30.3 Å². The topological polar surface area (TPSA) is 151 Å². The van der Waals surface area contributed by atoms with Gasteiger partial charge in [-0.05, 0) is 53.1 Å².